The topological polar surface area (TPSA) is 81.7 Å². The Kier molecular flexibility index (Phi) is 4.83. The summed E-state index contributed by atoms with van der Waals surface area (Å²) in [5, 5.41) is 10.4. The maximum atomic E-state index is 6.09. The molecule has 0 unspecified atom stereocenters. The van der Waals surface area contributed by atoms with Gasteiger partial charge in [-0.25, -0.2) is 9.97 Å². The molecule has 5 rings (SSSR count). The Hall–Kier alpha value is -3.41. The van der Waals surface area contributed by atoms with E-state index in [9.17, 15) is 0 Å². The predicted molar refractivity (Wildman–Crippen MR) is 121 cm³/mol. The molecule has 2 heterocycles. The smallest absolute Gasteiger partial charge is 0.223 e. The monoisotopic (exact) mass is 398 g/mol. The van der Waals surface area contributed by atoms with Gasteiger partial charge in [-0.05, 0) is 54.0 Å². The first kappa shape index (κ1) is 18.6. The standard InChI is InChI=1S/C24H26N6/c1-30-23(25)21(15-27-30)22-12-13-26-24(29-22)28-20-10-8-17(9-11-20)19-7-6-16-4-2-3-5-18(16)14-19/h2-7,12-15,17,20H,8-11,25H2,1H3,(H,26,28,29). The highest BCUT2D eigenvalue weighted by atomic mass is 15.3. The van der Waals surface area contributed by atoms with Gasteiger partial charge in [0, 0.05) is 19.3 Å². The van der Waals surface area contributed by atoms with Gasteiger partial charge in [0.05, 0.1) is 17.5 Å². The van der Waals surface area contributed by atoms with Gasteiger partial charge in [-0.3, -0.25) is 4.68 Å². The number of anilines is 2. The number of aromatic nitrogens is 4. The molecule has 0 aliphatic heterocycles. The molecule has 1 aliphatic carbocycles. The highest BCUT2D eigenvalue weighted by Crippen LogP contribution is 2.35. The number of fused-ring (bicyclic) bond motifs is 1. The number of nitrogens with zero attached hydrogens (tertiary/aromatic N) is 4. The first-order valence-electron chi connectivity index (χ1n) is 10.5. The molecule has 0 spiro atoms. The van der Waals surface area contributed by atoms with Crippen molar-refractivity contribution < 1.29 is 0 Å². The molecular formula is C24H26N6. The van der Waals surface area contributed by atoms with Gasteiger partial charge in [0.2, 0.25) is 5.95 Å². The van der Waals surface area contributed by atoms with E-state index in [4.69, 9.17) is 5.73 Å². The quantitative estimate of drug-likeness (QED) is 0.518. The zero-order chi connectivity index (χ0) is 20.5. The van der Waals surface area contributed by atoms with Crippen molar-refractivity contribution in [2.75, 3.05) is 11.1 Å². The Morgan fingerprint density at radius 2 is 1.80 bits per heavy atom. The van der Waals surface area contributed by atoms with Gasteiger partial charge in [-0.1, -0.05) is 42.5 Å². The predicted octanol–water partition coefficient (Wildman–Crippen LogP) is 4.75. The van der Waals surface area contributed by atoms with Gasteiger partial charge >= 0.3 is 0 Å². The molecule has 3 N–H and O–H groups in total. The Morgan fingerprint density at radius 3 is 2.57 bits per heavy atom. The first-order valence-corrected chi connectivity index (χ1v) is 10.5. The summed E-state index contributed by atoms with van der Waals surface area (Å²) in [6.45, 7) is 0. The van der Waals surface area contributed by atoms with Gasteiger partial charge in [-0.2, -0.15) is 5.10 Å². The van der Waals surface area contributed by atoms with Crippen LogP contribution in [-0.4, -0.2) is 25.8 Å². The number of hydrogen-bond donors (Lipinski definition) is 2. The van der Waals surface area contributed by atoms with Crippen molar-refractivity contribution in [1.82, 2.24) is 19.7 Å². The largest absolute Gasteiger partial charge is 0.383 e. The average Bonchev–Trinajstić information content (AvgIpc) is 3.12. The van der Waals surface area contributed by atoms with Crippen LogP contribution in [0, 0.1) is 0 Å². The summed E-state index contributed by atoms with van der Waals surface area (Å²) < 4.78 is 1.65. The number of benzene rings is 2. The second-order valence-corrected chi connectivity index (χ2v) is 8.13. The molecule has 4 aromatic rings. The van der Waals surface area contributed by atoms with Crippen LogP contribution in [0.5, 0.6) is 0 Å². The van der Waals surface area contributed by atoms with Crippen LogP contribution in [0.25, 0.3) is 22.0 Å². The molecule has 0 radical (unpaired) electrons. The highest BCUT2D eigenvalue weighted by molar-refractivity contribution is 5.83. The van der Waals surface area contributed by atoms with Crippen LogP contribution in [0.3, 0.4) is 0 Å². The zero-order valence-electron chi connectivity index (χ0n) is 17.1. The Labute approximate surface area is 176 Å². The van der Waals surface area contributed by atoms with E-state index in [0.717, 1.165) is 24.1 Å². The van der Waals surface area contributed by atoms with Crippen molar-refractivity contribution in [1.29, 1.82) is 0 Å². The maximum Gasteiger partial charge on any atom is 0.223 e. The van der Waals surface area contributed by atoms with Crippen molar-refractivity contribution in [3.63, 3.8) is 0 Å². The fraction of sp³-hybridized carbons (Fsp3) is 0.292. The highest BCUT2D eigenvalue weighted by Gasteiger charge is 2.23. The minimum Gasteiger partial charge on any atom is -0.383 e. The van der Waals surface area contributed by atoms with Crippen LogP contribution in [0.2, 0.25) is 0 Å². The lowest BCUT2D eigenvalue weighted by Gasteiger charge is -2.29. The van der Waals surface area contributed by atoms with E-state index in [0.29, 0.717) is 23.7 Å². The third-order valence-corrected chi connectivity index (χ3v) is 6.22. The number of nitrogen functional groups attached to an aromatic ring is 1. The lowest BCUT2D eigenvalue weighted by Crippen LogP contribution is -2.26. The van der Waals surface area contributed by atoms with Gasteiger partial charge in [0.1, 0.15) is 5.82 Å². The summed E-state index contributed by atoms with van der Waals surface area (Å²) in [5.74, 6) is 1.88. The molecule has 0 saturated heterocycles. The summed E-state index contributed by atoms with van der Waals surface area (Å²) in [5.41, 5.74) is 9.18. The first-order chi connectivity index (χ1) is 14.7. The summed E-state index contributed by atoms with van der Waals surface area (Å²) in [4.78, 5) is 9.08. The summed E-state index contributed by atoms with van der Waals surface area (Å²) >= 11 is 0. The third-order valence-electron chi connectivity index (χ3n) is 6.22. The van der Waals surface area contributed by atoms with Gasteiger partial charge < -0.3 is 11.1 Å². The molecule has 6 nitrogen and oxygen atoms in total. The van der Waals surface area contributed by atoms with Crippen molar-refractivity contribution in [2.45, 2.75) is 37.6 Å². The maximum absolute atomic E-state index is 6.09. The zero-order valence-corrected chi connectivity index (χ0v) is 17.1. The number of aryl methyl sites for hydroxylation is 1. The minimum atomic E-state index is 0.392. The number of nitrogens with one attached hydrogen (secondary N) is 1. The van der Waals surface area contributed by atoms with Crippen LogP contribution in [0.15, 0.2) is 60.9 Å². The number of rotatable bonds is 4. The van der Waals surface area contributed by atoms with Gasteiger partial charge in [-0.15, -0.1) is 0 Å². The molecule has 30 heavy (non-hydrogen) atoms. The van der Waals surface area contributed by atoms with E-state index in [1.54, 1.807) is 17.1 Å². The van der Waals surface area contributed by atoms with Crippen molar-refractivity contribution >= 4 is 22.5 Å². The Bertz CT molecular complexity index is 1170. The molecule has 1 aliphatic rings. The molecular weight excluding hydrogens is 372 g/mol. The molecule has 0 atom stereocenters. The van der Waals surface area contributed by atoms with Gasteiger partial charge in [0.25, 0.3) is 0 Å². The van der Waals surface area contributed by atoms with E-state index >= 15 is 0 Å². The van der Waals surface area contributed by atoms with Crippen LogP contribution in [-0.2, 0) is 7.05 Å². The lowest BCUT2D eigenvalue weighted by atomic mass is 9.81. The van der Waals surface area contributed by atoms with Gasteiger partial charge in [0.15, 0.2) is 0 Å². The SMILES string of the molecule is Cn1ncc(-c2ccnc(NC3CCC(c4ccc5ccccc5c4)CC3)n2)c1N. The molecule has 0 amide bonds. The molecule has 1 saturated carbocycles. The van der Waals surface area contributed by atoms with Crippen LogP contribution >= 0.6 is 0 Å². The van der Waals surface area contributed by atoms with E-state index < -0.39 is 0 Å². The van der Waals surface area contributed by atoms with Crippen LogP contribution < -0.4 is 11.1 Å². The number of nitrogens with two attached hydrogens (primary N) is 1. The third kappa shape index (κ3) is 3.61. The number of hydrogen-bond acceptors (Lipinski definition) is 5. The van der Waals surface area contributed by atoms with E-state index in [2.05, 4.69) is 62.8 Å². The normalized spacial score (nSPS) is 19.1. The van der Waals surface area contributed by atoms with Crippen molar-refractivity contribution in [3.8, 4) is 11.3 Å². The lowest BCUT2D eigenvalue weighted by molar-refractivity contribution is 0.411. The molecule has 152 valence electrons. The summed E-state index contributed by atoms with van der Waals surface area (Å²) in [7, 11) is 1.83. The van der Waals surface area contributed by atoms with E-state index in [1.807, 2.05) is 13.1 Å². The van der Waals surface area contributed by atoms with Crippen molar-refractivity contribution in [2.24, 2.45) is 7.05 Å². The summed E-state index contributed by atoms with van der Waals surface area (Å²) in [6.07, 6.45) is 8.09. The Morgan fingerprint density at radius 1 is 1.00 bits per heavy atom. The summed E-state index contributed by atoms with van der Waals surface area (Å²) in [6, 6.07) is 17.7. The molecule has 1 fully saturated rings. The Balaban J connectivity index is 1.25. The molecule has 2 aromatic carbocycles. The fourth-order valence-corrected chi connectivity index (χ4v) is 4.44. The molecule has 6 heteroatoms. The van der Waals surface area contributed by atoms with Crippen LogP contribution in [0.1, 0.15) is 37.2 Å². The fourth-order valence-electron chi connectivity index (χ4n) is 4.44. The van der Waals surface area contributed by atoms with Crippen molar-refractivity contribution in [3.05, 3.63) is 66.5 Å². The second-order valence-electron chi connectivity index (χ2n) is 8.13. The average molecular weight is 399 g/mol. The van der Waals surface area contributed by atoms with E-state index in [1.165, 1.54) is 29.2 Å². The second kappa shape index (κ2) is 7.78. The van der Waals surface area contributed by atoms with Crippen LogP contribution in [0.4, 0.5) is 11.8 Å². The molecule has 2 aromatic heterocycles. The minimum absolute atomic E-state index is 0.392. The molecule has 0 bridgehead atoms. The van der Waals surface area contributed by atoms with E-state index in [-0.39, 0.29) is 0 Å².